The third-order valence-electron chi connectivity index (χ3n) is 6.62. The van der Waals surface area contributed by atoms with E-state index < -0.39 is 0 Å². The monoisotopic (exact) mass is 417 g/mol. The Morgan fingerprint density at radius 2 is 1.74 bits per heavy atom. The average Bonchev–Trinajstić information content (AvgIpc) is 2.78. The standard InChI is InChI=1S/C27H35N3O/c1-21-10-11-25-22(2)20-27(31)30(26(25)19-21)18-17-29-15-12-24(13-16-29)28-14-6-9-23-7-4-3-5-8-23/h3-5,7-8,10-11,19-20,24,28H,6,9,12-18H2,1-2H3. The first-order valence-electron chi connectivity index (χ1n) is 11.7. The number of benzene rings is 2. The average molecular weight is 418 g/mol. The minimum atomic E-state index is 0.116. The second-order valence-electron chi connectivity index (χ2n) is 9.00. The molecule has 1 saturated heterocycles. The molecule has 0 bridgehead atoms. The molecule has 1 fully saturated rings. The van der Waals surface area contributed by atoms with Crippen LogP contribution in [0.4, 0.5) is 0 Å². The SMILES string of the molecule is Cc1ccc2c(C)cc(=O)n(CCN3CCC(NCCCc4ccccc4)CC3)c2c1. The van der Waals surface area contributed by atoms with Gasteiger partial charge in [-0.1, -0.05) is 42.5 Å². The fraction of sp³-hybridized carbons (Fsp3) is 0.444. The number of nitrogens with zero attached hydrogens (tertiary/aromatic N) is 2. The maximum Gasteiger partial charge on any atom is 0.251 e. The molecule has 164 valence electrons. The van der Waals surface area contributed by atoms with Crippen molar-refractivity contribution in [3.63, 3.8) is 0 Å². The van der Waals surface area contributed by atoms with E-state index in [2.05, 4.69) is 65.7 Å². The van der Waals surface area contributed by atoms with Gasteiger partial charge in [-0.25, -0.2) is 0 Å². The Balaban J connectivity index is 1.24. The predicted molar refractivity (Wildman–Crippen MR) is 130 cm³/mol. The fourth-order valence-corrected chi connectivity index (χ4v) is 4.73. The first-order valence-corrected chi connectivity index (χ1v) is 11.7. The molecule has 31 heavy (non-hydrogen) atoms. The van der Waals surface area contributed by atoms with Gasteiger partial charge in [-0.3, -0.25) is 4.79 Å². The number of aromatic nitrogens is 1. The Labute approximate surface area is 185 Å². The van der Waals surface area contributed by atoms with Gasteiger partial charge in [-0.2, -0.15) is 0 Å². The molecule has 4 heteroatoms. The third kappa shape index (κ3) is 5.63. The molecular weight excluding hydrogens is 382 g/mol. The topological polar surface area (TPSA) is 37.3 Å². The highest BCUT2D eigenvalue weighted by atomic mass is 16.1. The van der Waals surface area contributed by atoms with Gasteiger partial charge >= 0.3 is 0 Å². The number of nitrogens with one attached hydrogen (secondary N) is 1. The molecule has 0 radical (unpaired) electrons. The largest absolute Gasteiger partial charge is 0.314 e. The van der Waals surface area contributed by atoms with Gasteiger partial charge in [0.2, 0.25) is 0 Å². The fourth-order valence-electron chi connectivity index (χ4n) is 4.73. The Morgan fingerprint density at radius 1 is 0.968 bits per heavy atom. The van der Waals surface area contributed by atoms with Crippen LogP contribution in [0.15, 0.2) is 59.4 Å². The number of likely N-dealkylation sites (tertiary alicyclic amines) is 1. The van der Waals surface area contributed by atoms with E-state index in [1.54, 1.807) is 6.07 Å². The lowest BCUT2D eigenvalue weighted by Crippen LogP contribution is -2.44. The normalized spacial score (nSPS) is 15.5. The predicted octanol–water partition coefficient (Wildman–Crippen LogP) is 4.31. The van der Waals surface area contributed by atoms with E-state index in [0.29, 0.717) is 6.04 Å². The molecule has 1 aliphatic heterocycles. The molecule has 0 spiro atoms. The van der Waals surface area contributed by atoms with Crippen molar-refractivity contribution in [2.24, 2.45) is 0 Å². The van der Waals surface area contributed by atoms with E-state index in [4.69, 9.17) is 0 Å². The van der Waals surface area contributed by atoms with Crippen molar-refractivity contribution in [1.29, 1.82) is 0 Å². The summed E-state index contributed by atoms with van der Waals surface area (Å²) < 4.78 is 1.96. The van der Waals surface area contributed by atoms with E-state index in [9.17, 15) is 4.79 Å². The zero-order valence-corrected chi connectivity index (χ0v) is 18.9. The van der Waals surface area contributed by atoms with Crippen LogP contribution in [-0.2, 0) is 13.0 Å². The summed E-state index contributed by atoms with van der Waals surface area (Å²) in [5.41, 5.74) is 4.87. The minimum absolute atomic E-state index is 0.116. The van der Waals surface area contributed by atoms with Crippen molar-refractivity contribution >= 4 is 10.9 Å². The van der Waals surface area contributed by atoms with E-state index in [1.807, 2.05) is 11.5 Å². The number of hydrogen-bond donors (Lipinski definition) is 1. The molecule has 0 aliphatic carbocycles. The number of pyridine rings is 1. The van der Waals surface area contributed by atoms with Gasteiger partial charge in [0.25, 0.3) is 5.56 Å². The van der Waals surface area contributed by atoms with Gasteiger partial charge in [0.05, 0.1) is 5.52 Å². The van der Waals surface area contributed by atoms with Crippen LogP contribution >= 0.6 is 0 Å². The molecule has 4 nitrogen and oxygen atoms in total. The van der Waals surface area contributed by atoms with Gasteiger partial charge < -0.3 is 14.8 Å². The second kappa shape index (κ2) is 10.3. The van der Waals surface area contributed by atoms with Crippen LogP contribution in [0.1, 0.15) is 36.0 Å². The molecule has 4 rings (SSSR count). The van der Waals surface area contributed by atoms with Crippen LogP contribution in [-0.4, -0.2) is 41.7 Å². The van der Waals surface area contributed by atoms with Crippen molar-refractivity contribution in [2.75, 3.05) is 26.2 Å². The smallest absolute Gasteiger partial charge is 0.251 e. The number of aryl methyl sites for hydroxylation is 3. The van der Waals surface area contributed by atoms with E-state index in [0.717, 1.165) is 50.2 Å². The van der Waals surface area contributed by atoms with Crippen molar-refractivity contribution in [3.8, 4) is 0 Å². The van der Waals surface area contributed by atoms with Crippen molar-refractivity contribution < 1.29 is 0 Å². The number of hydrogen-bond acceptors (Lipinski definition) is 3. The quantitative estimate of drug-likeness (QED) is 0.555. The Bertz CT molecular complexity index is 1050. The Morgan fingerprint density at radius 3 is 2.52 bits per heavy atom. The molecule has 0 saturated carbocycles. The highest BCUT2D eigenvalue weighted by Gasteiger charge is 2.18. The summed E-state index contributed by atoms with van der Waals surface area (Å²) in [6.45, 7) is 9.11. The lowest BCUT2D eigenvalue weighted by atomic mass is 10.0. The Hall–Kier alpha value is -2.43. The van der Waals surface area contributed by atoms with Crippen LogP contribution < -0.4 is 10.9 Å². The third-order valence-corrected chi connectivity index (χ3v) is 6.62. The van der Waals surface area contributed by atoms with Crippen molar-refractivity contribution in [3.05, 3.63) is 81.6 Å². The van der Waals surface area contributed by atoms with Crippen molar-refractivity contribution in [2.45, 2.75) is 52.1 Å². The minimum Gasteiger partial charge on any atom is -0.314 e. The van der Waals surface area contributed by atoms with E-state index in [1.165, 1.54) is 35.8 Å². The summed E-state index contributed by atoms with van der Waals surface area (Å²) in [6.07, 6.45) is 4.71. The summed E-state index contributed by atoms with van der Waals surface area (Å²) in [7, 11) is 0. The van der Waals surface area contributed by atoms with E-state index >= 15 is 0 Å². The molecule has 2 aromatic carbocycles. The highest BCUT2D eigenvalue weighted by molar-refractivity contribution is 5.83. The van der Waals surface area contributed by atoms with Gasteiger partial charge in [0.15, 0.2) is 0 Å². The molecule has 0 amide bonds. The highest BCUT2D eigenvalue weighted by Crippen LogP contribution is 2.18. The molecule has 0 unspecified atom stereocenters. The maximum absolute atomic E-state index is 12.7. The van der Waals surface area contributed by atoms with Crippen molar-refractivity contribution in [1.82, 2.24) is 14.8 Å². The van der Waals surface area contributed by atoms with Gasteiger partial charge in [-0.15, -0.1) is 0 Å². The first-order chi connectivity index (χ1) is 15.1. The number of fused-ring (bicyclic) bond motifs is 1. The zero-order chi connectivity index (χ0) is 21.6. The second-order valence-corrected chi connectivity index (χ2v) is 9.00. The summed E-state index contributed by atoms with van der Waals surface area (Å²) in [5, 5.41) is 4.93. The van der Waals surface area contributed by atoms with Crippen LogP contribution in [0, 0.1) is 13.8 Å². The molecule has 1 aliphatic rings. The van der Waals surface area contributed by atoms with Crippen LogP contribution in [0.25, 0.3) is 10.9 Å². The van der Waals surface area contributed by atoms with Crippen LogP contribution in [0.2, 0.25) is 0 Å². The van der Waals surface area contributed by atoms with Gasteiger partial charge in [-0.05, 0) is 81.9 Å². The summed E-state index contributed by atoms with van der Waals surface area (Å²) >= 11 is 0. The molecule has 1 N–H and O–H groups in total. The lowest BCUT2D eigenvalue weighted by Gasteiger charge is -2.32. The summed E-state index contributed by atoms with van der Waals surface area (Å²) in [6, 6.07) is 19.6. The molecule has 2 heterocycles. The van der Waals surface area contributed by atoms with Gasteiger partial charge in [0.1, 0.15) is 0 Å². The molecule has 0 atom stereocenters. The summed E-state index contributed by atoms with van der Waals surface area (Å²) in [4.78, 5) is 15.2. The lowest BCUT2D eigenvalue weighted by molar-refractivity contribution is 0.192. The summed E-state index contributed by atoms with van der Waals surface area (Å²) in [5.74, 6) is 0. The first kappa shape index (κ1) is 21.8. The molecule has 1 aromatic heterocycles. The van der Waals surface area contributed by atoms with Crippen LogP contribution in [0.3, 0.4) is 0 Å². The molecule has 3 aromatic rings. The van der Waals surface area contributed by atoms with E-state index in [-0.39, 0.29) is 5.56 Å². The number of rotatable bonds is 8. The van der Waals surface area contributed by atoms with Gasteiger partial charge in [0, 0.05) is 30.6 Å². The maximum atomic E-state index is 12.7. The van der Waals surface area contributed by atoms with Crippen LogP contribution in [0.5, 0.6) is 0 Å². The number of piperidine rings is 1. The zero-order valence-electron chi connectivity index (χ0n) is 18.9. The molecular formula is C27H35N3O. The Kier molecular flexibility index (Phi) is 7.21.